The van der Waals surface area contributed by atoms with Crippen LogP contribution in [0.25, 0.3) is 0 Å². The van der Waals surface area contributed by atoms with E-state index in [0.717, 1.165) is 42.8 Å². The summed E-state index contributed by atoms with van der Waals surface area (Å²) in [5, 5.41) is 0. The lowest BCUT2D eigenvalue weighted by molar-refractivity contribution is 0.0897. The number of ether oxygens (including phenoxy) is 1. The first kappa shape index (κ1) is 15.4. The first-order valence-corrected chi connectivity index (χ1v) is 8.71. The highest BCUT2D eigenvalue weighted by molar-refractivity contribution is 5.97. The molecule has 2 aliphatic rings. The summed E-state index contributed by atoms with van der Waals surface area (Å²) in [4.78, 5) is 17.3. The van der Waals surface area contributed by atoms with Crippen molar-refractivity contribution < 1.29 is 9.53 Å². The fourth-order valence-electron chi connectivity index (χ4n) is 4.22. The molecule has 24 heavy (non-hydrogen) atoms. The summed E-state index contributed by atoms with van der Waals surface area (Å²) in [6.07, 6.45) is 6.42. The molecule has 0 saturated carbocycles. The molecular formula is C20H24N2O2. The molecule has 4 nitrogen and oxygen atoms in total. The van der Waals surface area contributed by atoms with Gasteiger partial charge in [0.15, 0.2) is 5.78 Å². The molecule has 2 aliphatic carbocycles. The number of fused-ring (bicyclic) bond motifs is 2. The molecule has 0 spiro atoms. The van der Waals surface area contributed by atoms with E-state index in [2.05, 4.69) is 35.5 Å². The first-order chi connectivity index (χ1) is 11.5. The van der Waals surface area contributed by atoms with Gasteiger partial charge in [-0.15, -0.1) is 0 Å². The predicted octanol–water partition coefficient (Wildman–Crippen LogP) is 3.78. The molecule has 1 unspecified atom stereocenters. The summed E-state index contributed by atoms with van der Waals surface area (Å²) in [6.45, 7) is 4.30. The number of imidazole rings is 1. The normalized spacial score (nSPS) is 22.0. The SMILES string of the molecule is COc1ccc2c(c1)CCC(n1cnc3c1C(=O)CC(C)(C)C3)C2. The van der Waals surface area contributed by atoms with Crippen LogP contribution in [0.2, 0.25) is 0 Å². The number of carbonyl (C=O) groups excluding carboxylic acids is 1. The van der Waals surface area contributed by atoms with Gasteiger partial charge < -0.3 is 9.30 Å². The number of aryl methyl sites for hydroxylation is 1. The Balaban J connectivity index is 1.65. The van der Waals surface area contributed by atoms with E-state index in [4.69, 9.17) is 4.74 Å². The Bertz CT molecular complexity index is 804. The second-order valence-corrected chi connectivity index (χ2v) is 7.92. The number of hydrogen-bond donors (Lipinski definition) is 0. The second-order valence-electron chi connectivity index (χ2n) is 7.92. The van der Waals surface area contributed by atoms with E-state index in [1.807, 2.05) is 12.4 Å². The van der Waals surface area contributed by atoms with Crippen LogP contribution in [0.5, 0.6) is 5.75 Å². The zero-order valence-corrected chi connectivity index (χ0v) is 14.6. The molecule has 1 aromatic carbocycles. The van der Waals surface area contributed by atoms with Crippen molar-refractivity contribution in [3.8, 4) is 5.75 Å². The minimum absolute atomic E-state index is 0.0268. The zero-order valence-electron chi connectivity index (χ0n) is 14.6. The maximum Gasteiger partial charge on any atom is 0.181 e. The summed E-state index contributed by atoms with van der Waals surface area (Å²) < 4.78 is 7.48. The fraction of sp³-hybridized carbons (Fsp3) is 0.500. The molecule has 1 aromatic heterocycles. The number of aromatic nitrogens is 2. The van der Waals surface area contributed by atoms with E-state index in [-0.39, 0.29) is 11.2 Å². The maximum atomic E-state index is 12.7. The third kappa shape index (κ3) is 2.54. The third-order valence-corrected chi connectivity index (χ3v) is 5.43. The van der Waals surface area contributed by atoms with Gasteiger partial charge in [0.05, 0.1) is 19.1 Å². The molecule has 0 saturated heterocycles. The van der Waals surface area contributed by atoms with Crippen LogP contribution in [0.4, 0.5) is 0 Å². The van der Waals surface area contributed by atoms with Crippen LogP contribution in [0, 0.1) is 5.41 Å². The maximum absolute atomic E-state index is 12.7. The van der Waals surface area contributed by atoms with Crippen molar-refractivity contribution in [1.82, 2.24) is 9.55 Å². The number of hydrogen-bond acceptors (Lipinski definition) is 3. The monoisotopic (exact) mass is 324 g/mol. The third-order valence-electron chi connectivity index (χ3n) is 5.43. The summed E-state index contributed by atoms with van der Waals surface area (Å²) in [5.41, 5.74) is 4.59. The van der Waals surface area contributed by atoms with Gasteiger partial charge in [-0.2, -0.15) is 0 Å². The van der Waals surface area contributed by atoms with E-state index >= 15 is 0 Å². The fourth-order valence-corrected chi connectivity index (χ4v) is 4.22. The number of benzene rings is 1. The molecule has 4 rings (SSSR count). The highest BCUT2D eigenvalue weighted by atomic mass is 16.5. The summed E-state index contributed by atoms with van der Waals surface area (Å²) in [5.74, 6) is 1.17. The molecule has 1 heterocycles. The molecule has 0 fully saturated rings. The first-order valence-electron chi connectivity index (χ1n) is 8.71. The Hall–Kier alpha value is -2.10. The van der Waals surface area contributed by atoms with Crippen LogP contribution >= 0.6 is 0 Å². The molecule has 126 valence electrons. The van der Waals surface area contributed by atoms with Gasteiger partial charge >= 0.3 is 0 Å². The molecule has 0 radical (unpaired) electrons. The van der Waals surface area contributed by atoms with Gasteiger partial charge in [0.2, 0.25) is 0 Å². The number of ketones is 1. The highest BCUT2D eigenvalue weighted by Gasteiger charge is 2.36. The van der Waals surface area contributed by atoms with Crippen LogP contribution in [0.1, 0.15) is 60.0 Å². The Labute approximate surface area is 142 Å². The van der Waals surface area contributed by atoms with E-state index in [1.54, 1.807) is 7.11 Å². The van der Waals surface area contributed by atoms with E-state index in [9.17, 15) is 4.79 Å². The lowest BCUT2D eigenvalue weighted by atomic mass is 9.77. The van der Waals surface area contributed by atoms with E-state index in [1.165, 1.54) is 11.1 Å². The van der Waals surface area contributed by atoms with Crippen LogP contribution in [-0.2, 0) is 19.3 Å². The molecule has 0 amide bonds. The van der Waals surface area contributed by atoms with Crippen LogP contribution in [0.3, 0.4) is 0 Å². The van der Waals surface area contributed by atoms with Crippen LogP contribution < -0.4 is 4.74 Å². The average molecular weight is 324 g/mol. The van der Waals surface area contributed by atoms with E-state index < -0.39 is 0 Å². The second kappa shape index (κ2) is 5.47. The number of nitrogens with zero attached hydrogens (tertiary/aromatic N) is 2. The summed E-state index contributed by atoms with van der Waals surface area (Å²) in [6, 6.07) is 6.66. The van der Waals surface area contributed by atoms with Gasteiger partial charge in [-0.1, -0.05) is 19.9 Å². The van der Waals surface area contributed by atoms with Gasteiger partial charge in [0.1, 0.15) is 11.4 Å². The number of methoxy groups -OCH3 is 1. The van der Waals surface area contributed by atoms with Crippen molar-refractivity contribution in [2.24, 2.45) is 5.41 Å². The standard InChI is InChI=1S/C20H24N2O2/c1-20(2)10-17-19(18(23)11-20)22(12-21-17)15-6-4-14-9-16(24-3)7-5-13(14)8-15/h5,7,9,12,15H,4,6,8,10-11H2,1-3H3. The summed E-state index contributed by atoms with van der Waals surface area (Å²) in [7, 11) is 1.71. The molecule has 2 aromatic rings. The molecule has 4 heteroatoms. The predicted molar refractivity (Wildman–Crippen MR) is 92.7 cm³/mol. The largest absolute Gasteiger partial charge is 0.497 e. The zero-order chi connectivity index (χ0) is 16.9. The Morgan fingerprint density at radius 1 is 1.25 bits per heavy atom. The van der Waals surface area contributed by atoms with Crippen LogP contribution in [-0.4, -0.2) is 22.4 Å². The van der Waals surface area contributed by atoms with Crippen molar-refractivity contribution in [3.63, 3.8) is 0 Å². The van der Waals surface area contributed by atoms with Crippen LogP contribution in [0.15, 0.2) is 24.5 Å². The van der Waals surface area contributed by atoms with Gasteiger partial charge in [-0.3, -0.25) is 4.79 Å². The van der Waals surface area contributed by atoms with Gasteiger partial charge in [0.25, 0.3) is 0 Å². The van der Waals surface area contributed by atoms with Crippen molar-refractivity contribution in [3.05, 3.63) is 47.0 Å². The molecule has 0 bridgehead atoms. The summed E-state index contributed by atoms with van der Waals surface area (Å²) >= 11 is 0. The Kier molecular flexibility index (Phi) is 3.52. The highest BCUT2D eigenvalue weighted by Crippen LogP contribution is 2.37. The van der Waals surface area contributed by atoms with Crippen molar-refractivity contribution in [1.29, 1.82) is 0 Å². The Morgan fingerprint density at radius 3 is 2.88 bits per heavy atom. The van der Waals surface area contributed by atoms with E-state index in [0.29, 0.717) is 12.5 Å². The molecular weight excluding hydrogens is 300 g/mol. The molecule has 1 atom stereocenters. The molecule has 0 aliphatic heterocycles. The van der Waals surface area contributed by atoms with Gasteiger partial charge in [-0.05, 0) is 54.4 Å². The minimum Gasteiger partial charge on any atom is -0.497 e. The number of rotatable bonds is 2. The van der Waals surface area contributed by atoms with Gasteiger partial charge in [-0.25, -0.2) is 4.98 Å². The van der Waals surface area contributed by atoms with Crippen molar-refractivity contribution in [2.75, 3.05) is 7.11 Å². The van der Waals surface area contributed by atoms with Crippen molar-refractivity contribution in [2.45, 2.75) is 52.0 Å². The molecule has 0 N–H and O–H groups in total. The quantitative estimate of drug-likeness (QED) is 0.844. The lowest BCUT2D eigenvalue weighted by Gasteiger charge is -2.31. The van der Waals surface area contributed by atoms with Crippen molar-refractivity contribution >= 4 is 5.78 Å². The number of carbonyl (C=O) groups is 1. The number of Topliss-reactive ketones (excluding diaryl/α,β-unsaturated/α-hetero) is 1. The minimum atomic E-state index is 0.0268. The van der Waals surface area contributed by atoms with Gasteiger partial charge in [0, 0.05) is 12.5 Å². The Morgan fingerprint density at radius 2 is 2.08 bits per heavy atom. The smallest absolute Gasteiger partial charge is 0.181 e. The topological polar surface area (TPSA) is 44.1 Å². The lowest BCUT2D eigenvalue weighted by Crippen LogP contribution is -2.30. The average Bonchev–Trinajstić information content (AvgIpc) is 2.96.